The Balaban J connectivity index is 2.80. The van der Waals surface area contributed by atoms with Gasteiger partial charge in [-0.2, -0.15) is 0 Å². The SMILES string of the molecule is CCCCCCCCCCCCCCCCCC(=O)NCCO[C@@H]1O[C@H](COC(=O)C(C)(C)C)[C@H](OC(=O)C(C)(C)C)[C@H](OC(=O)C(C)(C)C)[C@H]1OC(C)=O. The highest BCUT2D eigenvalue weighted by Gasteiger charge is 2.54. The Morgan fingerprint density at radius 3 is 1.44 bits per heavy atom. The number of hydrogen-bond acceptors (Lipinski definition) is 11. The van der Waals surface area contributed by atoms with Crippen molar-refractivity contribution in [2.24, 2.45) is 16.2 Å². The summed E-state index contributed by atoms with van der Waals surface area (Å²) >= 11 is 0. The molecule has 1 heterocycles. The van der Waals surface area contributed by atoms with Gasteiger partial charge in [0.05, 0.1) is 22.9 Å². The van der Waals surface area contributed by atoms with E-state index in [-0.39, 0.29) is 25.7 Å². The molecule has 1 fully saturated rings. The number of esters is 4. The Kier molecular flexibility index (Phi) is 23.3. The first-order valence-corrected chi connectivity index (χ1v) is 21.0. The maximum Gasteiger partial charge on any atom is 0.311 e. The summed E-state index contributed by atoms with van der Waals surface area (Å²) in [5, 5.41) is 2.86. The highest BCUT2D eigenvalue weighted by Crippen LogP contribution is 2.33. The summed E-state index contributed by atoms with van der Waals surface area (Å²) in [5.74, 6) is -2.63. The first-order chi connectivity index (χ1) is 25.7. The van der Waals surface area contributed by atoms with Gasteiger partial charge in [0.2, 0.25) is 5.91 Å². The van der Waals surface area contributed by atoms with Crippen molar-refractivity contribution in [2.75, 3.05) is 19.8 Å². The van der Waals surface area contributed by atoms with Crippen molar-refractivity contribution in [3.8, 4) is 0 Å². The summed E-state index contributed by atoms with van der Waals surface area (Å²) in [6.07, 6.45) is 12.6. The molecule has 12 nitrogen and oxygen atoms in total. The van der Waals surface area contributed by atoms with Crippen LogP contribution in [0.4, 0.5) is 0 Å². The number of ether oxygens (including phenoxy) is 6. The van der Waals surface area contributed by atoms with E-state index in [0.717, 1.165) is 19.3 Å². The quantitative estimate of drug-likeness (QED) is 0.0539. The summed E-state index contributed by atoms with van der Waals surface area (Å²) in [6, 6.07) is 0. The van der Waals surface area contributed by atoms with Gasteiger partial charge in [0.25, 0.3) is 0 Å². The molecule has 55 heavy (non-hydrogen) atoms. The number of hydrogen-bond donors (Lipinski definition) is 1. The lowest BCUT2D eigenvalue weighted by atomic mass is 9.93. The van der Waals surface area contributed by atoms with Crippen LogP contribution < -0.4 is 5.32 Å². The molecule has 0 aromatic heterocycles. The molecule has 1 aliphatic rings. The number of rotatable bonds is 25. The van der Waals surface area contributed by atoms with Gasteiger partial charge in [0.1, 0.15) is 12.7 Å². The molecule has 0 aromatic carbocycles. The molecule has 0 unspecified atom stereocenters. The average molecular weight is 784 g/mol. The van der Waals surface area contributed by atoms with Gasteiger partial charge in [-0.25, -0.2) is 0 Å². The maximum atomic E-state index is 13.3. The average Bonchev–Trinajstić information content (AvgIpc) is 3.07. The van der Waals surface area contributed by atoms with Gasteiger partial charge in [0.15, 0.2) is 24.6 Å². The van der Waals surface area contributed by atoms with Gasteiger partial charge in [-0.05, 0) is 68.7 Å². The zero-order valence-corrected chi connectivity index (χ0v) is 36.3. The van der Waals surface area contributed by atoms with Crippen molar-refractivity contribution in [3.63, 3.8) is 0 Å². The van der Waals surface area contributed by atoms with E-state index in [1.807, 2.05) is 0 Å². The molecule has 320 valence electrons. The van der Waals surface area contributed by atoms with Crippen molar-refractivity contribution >= 4 is 29.8 Å². The fraction of sp³-hybridized carbons (Fsp3) is 0.884. The molecular formula is C43H77NO11. The van der Waals surface area contributed by atoms with E-state index >= 15 is 0 Å². The third-order valence-corrected chi connectivity index (χ3v) is 9.31. The number of nitrogens with one attached hydrogen (secondary N) is 1. The van der Waals surface area contributed by atoms with Crippen LogP contribution in [-0.4, -0.2) is 80.2 Å². The van der Waals surface area contributed by atoms with E-state index in [1.54, 1.807) is 62.3 Å². The molecule has 0 aromatic rings. The molecule has 0 aliphatic carbocycles. The molecule has 1 N–H and O–H groups in total. The molecule has 5 atom stereocenters. The van der Waals surface area contributed by atoms with E-state index in [2.05, 4.69) is 12.2 Å². The number of unbranched alkanes of at least 4 members (excludes halogenated alkanes) is 14. The number of amides is 1. The van der Waals surface area contributed by atoms with Crippen molar-refractivity contribution in [2.45, 2.75) is 210 Å². The van der Waals surface area contributed by atoms with Gasteiger partial charge in [-0.3, -0.25) is 24.0 Å². The van der Waals surface area contributed by atoms with Gasteiger partial charge >= 0.3 is 23.9 Å². The highest BCUT2D eigenvalue weighted by atomic mass is 16.7. The topological polar surface area (TPSA) is 153 Å². The normalized spacial score (nSPS) is 20.4. The summed E-state index contributed by atoms with van der Waals surface area (Å²) in [5.41, 5.74) is -2.77. The molecule has 1 rings (SSSR count). The van der Waals surface area contributed by atoms with Crippen molar-refractivity contribution < 1.29 is 52.4 Å². The van der Waals surface area contributed by atoms with Crippen LogP contribution in [-0.2, 0) is 52.4 Å². The number of carbonyl (C=O) groups excluding carboxylic acids is 5. The Bertz CT molecular complexity index is 1150. The minimum atomic E-state index is -1.38. The Morgan fingerprint density at radius 1 is 0.564 bits per heavy atom. The second-order valence-electron chi connectivity index (χ2n) is 18.1. The molecule has 0 bridgehead atoms. The second kappa shape index (κ2) is 25.5. The van der Waals surface area contributed by atoms with Gasteiger partial charge in [0, 0.05) is 19.9 Å². The Morgan fingerprint density at radius 2 is 1.00 bits per heavy atom. The molecule has 1 saturated heterocycles. The summed E-state index contributed by atoms with van der Waals surface area (Å²) < 4.78 is 35.2. The van der Waals surface area contributed by atoms with Crippen LogP contribution in [0.5, 0.6) is 0 Å². The van der Waals surface area contributed by atoms with Crippen LogP contribution in [0, 0.1) is 16.2 Å². The van der Waals surface area contributed by atoms with Gasteiger partial charge in [-0.15, -0.1) is 0 Å². The Hall–Kier alpha value is -2.73. The van der Waals surface area contributed by atoms with E-state index in [0.29, 0.717) is 6.42 Å². The van der Waals surface area contributed by atoms with Crippen LogP contribution >= 0.6 is 0 Å². The minimum absolute atomic E-state index is 0.0338. The predicted octanol–water partition coefficient (Wildman–Crippen LogP) is 8.54. The Labute approximate surface area is 332 Å². The zero-order valence-electron chi connectivity index (χ0n) is 36.3. The highest BCUT2D eigenvalue weighted by molar-refractivity contribution is 5.77. The maximum absolute atomic E-state index is 13.3. The smallest absolute Gasteiger partial charge is 0.311 e. The minimum Gasteiger partial charge on any atom is -0.462 e. The van der Waals surface area contributed by atoms with E-state index in [4.69, 9.17) is 28.4 Å². The van der Waals surface area contributed by atoms with E-state index in [9.17, 15) is 24.0 Å². The molecule has 1 amide bonds. The van der Waals surface area contributed by atoms with Crippen LogP contribution in [0.15, 0.2) is 0 Å². The third kappa shape index (κ3) is 21.4. The molecule has 0 saturated carbocycles. The van der Waals surface area contributed by atoms with Crippen LogP contribution in [0.3, 0.4) is 0 Å². The molecule has 12 heteroatoms. The van der Waals surface area contributed by atoms with Crippen LogP contribution in [0.25, 0.3) is 0 Å². The largest absolute Gasteiger partial charge is 0.462 e. The standard InChI is InChI=1S/C43H77NO11/c1-12-13-14-15-16-17-18-19-20-21-22-23-24-25-26-27-33(46)44-28-29-50-37-36(52-31(2)45)35(55-40(49)43(9,10)11)34(54-39(48)42(6,7)8)32(53-37)30-51-38(47)41(3,4)5/h32,34-37H,12-30H2,1-11H3,(H,44,46)/t32-,34+,35+,36-,37-/m1/s1. The monoisotopic (exact) mass is 784 g/mol. The van der Waals surface area contributed by atoms with Crippen molar-refractivity contribution in [1.29, 1.82) is 0 Å². The van der Waals surface area contributed by atoms with Gasteiger partial charge < -0.3 is 33.7 Å². The van der Waals surface area contributed by atoms with E-state index in [1.165, 1.54) is 84.0 Å². The molecule has 0 radical (unpaired) electrons. The summed E-state index contributed by atoms with van der Waals surface area (Å²) in [7, 11) is 0. The molecule has 0 spiro atoms. The lowest BCUT2D eigenvalue weighted by molar-refractivity contribution is -0.310. The molecular weight excluding hydrogens is 706 g/mol. The predicted molar refractivity (Wildman–Crippen MR) is 212 cm³/mol. The second-order valence-corrected chi connectivity index (χ2v) is 18.1. The molecule has 1 aliphatic heterocycles. The van der Waals surface area contributed by atoms with Crippen LogP contribution in [0.2, 0.25) is 0 Å². The first kappa shape index (κ1) is 50.3. The zero-order chi connectivity index (χ0) is 41.7. The van der Waals surface area contributed by atoms with Gasteiger partial charge in [-0.1, -0.05) is 96.8 Å². The third-order valence-electron chi connectivity index (χ3n) is 9.31. The van der Waals surface area contributed by atoms with Crippen molar-refractivity contribution in [1.82, 2.24) is 5.32 Å². The fourth-order valence-corrected chi connectivity index (χ4v) is 5.83. The lowest BCUT2D eigenvalue weighted by Gasteiger charge is -2.45. The van der Waals surface area contributed by atoms with Crippen molar-refractivity contribution in [3.05, 3.63) is 0 Å². The lowest BCUT2D eigenvalue weighted by Crippen LogP contribution is -2.64. The van der Waals surface area contributed by atoms with E-state index < -0.39 is 70.8 Å². The summed E-state index contributed by atoms with van der Waals surface area (Å²) in [6.45, 7) is 18.2. The number of carbonyl (C=O) groups is 5. The van der Waals surface area contributed by atoms with Crippen LogP contribution in [0.1, 0.15) is 179 Å². The fourth-order valence-electron chi connectivity index (χ4n) is 5.83. The first-order valence-electron chi connectivity index (χ1n) is 21.0. The summed E-state index contributed by atoms with van der Waals surface area (Å²) in [4.78, 5) is 64.2.